The van der Waals surface area contributed by atoms with Gasteiger partial charge in [-0.2, -0.15) is 0 Å². The molecule has 0 saturated heterocycles. The van der Waals surface area contributed by atoms with Crippen molar-refractivity contribution in [1.29, 1.82) is 0 Å². The monoisotopic (exact) mass is 112 g/mol. The van der Waals surface area contributed by atoms with Crippen molar-refractivity contribution in [1.82, 2.24) is 0 Å². The Hall–Kier alpha value is -0.520. The Morgan fingerprint density at radius 3 is 2.62 bits per heavy atom. The van der Waals surface area contributed by atoms with Crippen molar-refractivity contribution in [2.75, 3.05) is 6.54 Å². The summed E-state index contributed by atoms with van der Waals surface area (Å²) in [6.45, 7) is 0.676. The molecule has 1 atom stereocenters. The molecule has 4 N–H and O–H groups in total. The average Bonchev–Trinajstić information content (AvgIpc) is 1.83. The van der Waals surface area contributed by atoms with Crippen LogP contribution in [0.3, 0.4) is 0 Å². The zero-order valence-electron chi connectivity index (χ0n) is 4.93. The predicted octanol–water partition coefficient (Wildman–Crippen LogP) is -0.314. The smallest absolute Gasteiger partial charge is 0.0662 e. The minimum atomic E-state index is -0.0986. The van der Waals surface area contributed by atoms with Crippen LogP contribution in [0.15, 0.2) is 0 Å². The molecule has 0 bridgehead atoms. The summed E-state index contributed by atoms with van der Waals surface area (Å²) in [4.78, 5) is 0. The zero-order valence-corrected chi connectivity index (χ0v) is 4.93. The topological polar surface area (TPSA) is 52.0 Å². The third-order valence-corrected chi connectivity index (χ3v) is 0.933. The molecule has 0 spiro atoms. The van der Waals surface area contributed by atoms with Crippen molar-refractivity contribution in [3.05, 3.63) is 0 Å². The molecular formula is C6H12N2. The van der Waals surface area contributed by atoms with Crippen LogP contribution in [0.4, 0.5) is 0 Å². The molecule has 2 nitrogen and oxygen atoms in total. The van der Waals surface area contributed by atoms with Gasteiger partial charge >= 0.3 is 0 Å². The van der Waals surface area contributed by atoms with E-state index < -0.39 is 0 Å². The van der Waals surface area contributed by atoms with Gasteiger partial charge in [-0.05, 0) is 19.4 Å². The third kappa shape index (κ3) is 3.66. The van der Waals surface area contributed by atoms with Gasteiger partial charge in [0.05, 0.1) is 6.04 Å². The molecule has 0 unspecified atom stereocenters. The minimum absolute atomic E-state index is 0.0986. The predicted molar refractivity (Wildman–Crippen MR) is 35.1 cm³/mol. The molecule has 0 aromatic carbocycles. The summed E-state index contributed by atoms with van der Waals surface area (Å²) in [5, 5.41) is 0. The van der Waals surface area contributed by atoms with E-state index in [1.165, 1.54) is 0 Å². The molecule has 8 heavy (non-hydrogen) atoms. The van der Waals surface area contributed by atoms with E-state index in [0.717, 1.165) is 12.8 Å². The van der Waals surface area contributed by atoms with Crippen molar-refractivity contribution >= 4 is 0 Å². The van der Waals surface area contributed by atoms with Crippen LogP contribution in [0.25, 0.3) is 0 Å². The molecule has 0 rings (SSSR count). The first-order valence-corrected chi connectivity index (χ1v) is 2.73. The normalized spacial score (nSPS) is 12.6. The van der Waals surface area contributed by atoms with Gasteiger partial charge in [-0.3, -0.25) is 0 Å². The number of terminal acetylenes is 1. The van der Waals surface area contributed by atoms with E-state index in [9.17, 15) is 0 Å². The Kier molecular flexibility index (Phi) is 4.33. The van der Waals surface area contributed by atoms with Gasteiger partial charge in [0.2, 0.25) is 0 Å². The highest BCUT2D eigenvalue weighted by Crippen LogP contribution is 1.88. The summed E-state index contributed by atoms with van der Waals surface area (Å²) in [5.41, 5.74) is 10.6. The second-order valence-electron chi connectivity index (χ2n) is 1.70. The van der Waals surface area contributed by atoms with Gasteiger partial charge in [-0.25, -0.2) is 0 Å². The van der Waals surface area contributed by atoms with Crippen LogP contribution in [0.2, 0.25) is 0 Å². The second-order valence-corrected chi connectivity index (χ2v) is 1.70. The van der Waals surface area contributed by atoms with E-state index in [-0.39, 0.29) is 6.04 Å². The quantitative estimate of drug-likeness (QED) is 0.492. The first-order chi connectivity index (χ1) is 3.81. The lowest BCUT2D eigenvalue weighted by Gasteiger charge is -1.99. The van der Waals surface area contributed by atoms with E-state index in [1.807, 2.05) is 0 Å². The maximum absolute atomic E-state index is 5.37. The van der Waals surface area contributed by atoms with Crippen molar-refractivity contribution in [3.63, 3.8) is 0 Å². The molecular weight excluding hydrogens is 100 g/mol. The fraction of sp³-hybridized carbons (Fsp3) is 0.667. The van der Waals surface area contributed by atoms with Crippen molar-refractivity contribution in [3.8, 4) is 12.3 Å². The summed E-state index contributed by atoms with van der Waals surface area (Å²) in [7, 11) is 0. The van der Waals surface area contributed by atoms with Crippen LogP contribution in [-0.4, -0.2) is 12.6 Å². The minimum Gasteiger partial charge on any atom is -0.330 e. The maximum atomic E-state index is 5.37. The Balaban J connectivity index is 3.02. The van der Waals surface area contributed by atoms with Crippen molar-refractivity contribution in [2.24, 2.45) is 11.5 Å². The SMILES string of the molecule is C#C[C@H](N)CCCN. The van der Waals surface area contributed by atoms with E-state index in [1.54, 1.807) is 0 Å². The summed E-state index contributed by atoms with van der Waals surface area (Å²) >= 11 is 0. The van der Waals surface area contributed by atoms with Crippen LogP contribution in [-0.2, 0) is 0 Å². The Bertz CT molecular complexity index is 83.0. The Morgan fingerprint density at radius 2 is 2.25 bits per heavy atom. The van der Waals surface area contributed by atoms with E-state index in [2.05, 4.69) is 5.92 Å². The molecule has 0 amide bonds. The second kappa shape index (κ2) is 4.63. The lowest BCUT2D eigenvalue weighted by molar-refractivity contribution is 0.688. The van der Waals surface area contributed by atoms with Gasteiger partial charge in [0.15, 0.2) is 0 Å². The van der Waals surface area contributed by atoms with Gasteiger partial charge in [-0.15, -0.1) is 6.42 Å². The molecule has 46 valence electrons. The average molecular weight is 112 g/mol. The maximum Gasteiger partial charge on any atom is 0.0662 e. The van der Waals surface area contributed by atoms with Crippen LogP contribution >= 0.6 is 0 Å². The summed E-state index contributed by atoms with van der Waals surface area (Å²) in [6.07, 6.45) is 6.76. The fourth-order valence-corrected chi connectivity index (χ4v) is 0.421. The molecule has 0 aliphatic heterocycles. The highest BCUT2D eigenvalue weighted by molar-refractivity contribution is 4.96. The largest absolute Gasteiger partial charge is 0.330 e. The molecule has 0 aromatic heterocycles. The lowest BCUT2D eigenvalue weighted by Crippen LogP contribution is -2.18. The number of rotatable bonds is 3. The third-order valence-electron chi connectivity index (χ3n) is 0.933. The standard InChI is InChI=1S/C6H12N2/c1-2-6(8)4-3-5-7/h1,6H,3-5,7-8H2/t6-/m0/s1. The highest BCUT2D eigenvalue weighted by Gasteiger charge is 1.92. The molecule has 2 heteroatoms. The molecule has 0 aromatic rings. The van der Waals surface area contributed by atoms with Crippen molar-refractivity contribution in [2.45, 2.75) is 18.9 Å². The number of nitrogens with two attached hydrogens (primary N) is 2. The van der Waals surface area contributed by atoms with Crippen LogP contribution in [0.5, 0.6) is 0 Å². The molecule has 0 heterocycles. The Labute approximate surface area is 50.2 Å². The summed E-state index contributed by atoms with van der Waals surface area (Å²) in [6, 6.07) is -0.0986. The number of hydrogen-bond acceptors (Lipinski definition) is 2. The lowest BCUT2D eigenvalue weighted by atomic mass is 10.2. The van der Waals surface area contributed by atoms with E-state index in [4.69, 9.17) is 17.9 Å². The van der Waals surface area contributed by atoms with Crippen LogP contribution < -0.4 is 11.5 Å². The van der Waals surface area contributed by atoms with Gasteiger partial charge in [0, 0.05) is 0 Å². The van der Waals surface area contributed by atoms with Crippen molar-refractivity contribution < 1.29 is 0 Å². The van der Waals surface area contributed by atoms with Gasteiger partial charge < -0.3 is 11.5 Å². The Morgan fingerprint density at radius 1 is 1.62 bits per heavy atom. The van der Waals surface area contributed by atoms with Crippen LogP contribution in [0.1, 0.15) is 12.8 Å². The fourth-order valence-electron chi connectivity index (χ4n) is 0.421. The molecule has 0 aliphatic rings. The zero-order chi connectivity index (χ0) is 6.41. The van der Waals surface area contributed by atoms with Crippen LogP contribution in [0, 0.1) is 12.3 Å². The van der Waals surface area contributed by atoms with Gasteiger partial charge in [0.1, 0.15) is 0 Å². The molecule has 0 saturated carbocycles. The first kappa shape index (κ1) is 7.48. The summed E-state index contributed by atoms with van der Waals surface area (Å²) < 4.78 is 0. The summed E-state index contributed by atoms with van der Waals surface area (Å²) in [5.74, 6) is 2.42. The molecule has 0 radical (unpaired) electrons. The number of hydrogen-bond donors (Lipinski definition) is 2. The van der Waals surface area contributed by atoms with Gasteiger partial charge in [-0.1, -0.05) is 5.92 Å². The highest BCUT2D eigenvalue weighted by atomic mass is 14.6. The van der Waals surface area contributed by atoms with E-state index >= 15 is 0 Å². The molecule has 0 aliphatic carbocycles. The molecule has 0 fully saturated rings. The van der Waals surface area contributed by atoms with E-state index in [0.29, 0.717) is 6.54 Å². The van der Waals surface area contributed by atoms with Gasteiger partial charge in [0.25, 0.3) is 0 Å². The first-order valence-electron chi connectivity index (χ1n) is 2.73.